The number of alkyl halides is 3. The SMILES string of the molecule is O=C(C=Cc1cccs1)Nc1cc(C(F)(F)F)cnc1NC(=O)O[SH](=O)=O. The van der Waals surface area contributed by atoms with Crippen molar-refractivity contribution in [2.75, 3.05) is 10.6 Å². The molecule has 144 valence electrons. The van der Waals surface area contributed by atoms with Gasteiger partial charge in [-0.3, -0.25) is 10.1 Å². The number of nitrogens with zero attached hydrogens (tertiary/aromatic N) is 1. The molecule has 2 heterocycles. The zero-order chi connectivity index (χ0) is 20.0. The highest BCUT2D eigenvalue weighted by molar-refractivity contribution is 7.67. The highest BCUT2D eigenvalue weighted by Crippen LogP contribution is 2.32. The third kappa shape index (κ3) is 6.38. The van der Waals surface area contributed by atoms with Gasteiger partial charge < -0.3 is 9.50 Å². The molecular formula is C14H10F3N3O5S2. The third-order valence-electron chi connectivity index (χ3n) is 2.79. The maximum atomic E-state index is 12.8. The average Bonchev–Trinajstić information content (AvgIpc) is 3.06. The lowest BCUT2D eigenvalue weighted by atomic mass is 10.2. The van der Waals surface area contributed by atoms with E-state index in [2.05, 4.69) is 14.5 Å². The van der Waals surface area contributed by atoms with Crippen LogP contribution in [0.4, 0.5) is 29.5 Å². The summed E-state index contributed by atoms with van der Waals surface area (Å²) in [6.07, 6.45) is -3.34. The Bertz CT molecular complexity index is 932. The molecule has 0 aliphatic rings. The van der Waals surface area contributed by atoms with Crippen molar-refractivity contribution < 1.29 is 35.4 Å². The number of rotatable bonds is 5. The van der Waals surface area contributed by atoms with E-state index in [1.54, 1.807) is 17.5 Å². The molecule has 0 aromatic carbocycles. The van der Waals surface area contributed by atoms with E-state index in [4.69, 9.17) is 0 Å². The smallest absolute Gasteiger partial charge is 0.330 e. The quantitative estimate of drug-likeness (QED) is 0.505. The molecule has 0 saturated carbocycles. The number of amides is 2. The number of nitrogens with one attached hydrogen (secondary N) is 2. The molecule has 27 heavy (non-hydrogen) atoms. The summed E-state index contributed by atoms with van der Waals surface area (Å²) in [5.74, 6) is -1.32. The summed E-state index contributed by atoms with van der Waals surface area (Å²) < 4.78 is 63.1. The van der Waals surface area contributed by atoms with Crippen LogP contribution in [0, 0.1) is 0 Å². The van der Waals surface area contributed by atoms with Gasteiger partial charge in [0.05, 0.1) is 11.3 Å². The Balaban J connectivity index is 2.26. The van der Waals surface area contributed by atoms with Crippen LogP contribution in [0.25, 0.3) is 6.08 Å². The maximum absolute atomic E-state index is 12.8. The largest absolute Gasteiger partial charge is 0.428 e. The third-order valence-corrected chi connectivity index (χ3v) is 3.95. The van der Waals surface area contributed by atoms with Gasteiger partial charge in [0.15, 0.2) is 5.82 Å². The second-order valence-electron chi connectivity index (χ2n) is 4.68. The lowest BCUT2D eigenvalue weighted by Gasteiger charge is -2.13. The first-order valence-electron chi connectivity index (χ1n) is 6.88. The van der Waals surface area contributed by atoms with E-state index in [1.807, 2.05) is 5.32 Å². The number of thiol groups is 1. The normalized spacial score (nSPS) is 11.6. The van der Waals surface area contributed by atoms with Gasteiger partial charge in [-0.25, -0.2) is 9.78 Å². The first-order valence-corrected chi connectivity index (χ1v) is 8.86. The Hall–Kier alpha value is -2.93. The van der Waals surface area contributed by atoms with Crippen molar-refractivity contribution in [1.82, 2.24) is 4.98 Å². The van der Waals surface area contributed by atoms with Gasteiger partial charge in [-0.05, 0) is 23.6 Å². The molecule has 0 saturated heterocycles. The summed E-state index contributed by atoms with van der Waals surface area (Å²) in [6, 6.07) is 4.00. The van der Waals surface area contributed by atoms with Gasteiger partial charge in [0, 0.05) is 17.2 Å². The monoisotopic (exact) mass is 421 g/mol. The Labute approximate surface area is 155 Å². The van der Waals surface area contributed by atoms with E-state index in [1.165, 1.54) is 17.4 Å². The highest BCUT2D eigenvalue weighted by atomic mass is 32.2. The summed E-state index contributed by atoms with van der Waals surface area (Å²) in [6.45, 7) is 0. The molecule has 0 atom stereocenters. The van der Waals surface area contributed by atoms with Crippen molar-refractivity contribution in [2.45, 2.75) is 6.18 Å². The first kappa shape index (κ1) is 20.4. The lowest BCUT2D eigenvalue weighted by Crippen LogP contribution is -2.18. The van der Waals surface area contributed by atoms with E-state index < -0.39 is 46.2 Å². The lowest BCUT2D eigenvalue weighted by molar-refractivity contribution is -0.137. The Morgan fingerprint density at radius 1 is 1.26 bits per heavy atom. The average molecular weight is 421 g/mol. The zero-order valence-electron chi connectivity index (χ0n) is 13.0. The molecule has 13 heteroatoms. The molecule has 8 nitrogen and oxygen atoms in total. The minimum atomic E-state index is -4.75. The van der Waals surface area contributed by atoms with Gasteiger partial charge in [0.1, 0.15) is 0 Å². The summed E-state index contributed by atoms with van der Waals surface area (Å²) in [4.78, 5) is 27.4. The minimum Gasteiger partial charge on any atom is -0.330 e. The standard InChI is InChI=1S/C14H10F3N3O5S2/c15-14(16,17)8-6-10(12(18-7-8)20-13(22)25-27(23)24)19-11(21)4-3-9-2-1-5-26-9/h1-7,27H,(H,19,21)(H,18,20,22). The van der Waals surface area contributed by atoms with Crippen LogP contribution in [0.15, 0.2) is 35.9 Å². The topological polar surface area (TPSA) is 114 Å². The molecule has 2 amide bonds. The number of anilines is 2. The molecule has 0 spiro atoms. The van der Waals surface area contributed by atoms with Gasteiger partial charge in [0.25, 0.3) is 0 Å². The molecular weight excluding hydrogens is 411 g/mol. The van der Waals surface area contributed by atoms with Gasteiger partial charge in [-0.2, -0.15) is 21.6 Å². The molecule has 2 rings (SSSR count). The summed E-state index contributed by atoms with van der Waals surface area (Å²) in [5, 5.41) is 5.74. The molecule has 0 aliphatic heterocycles. The van der Waals surface area contributed by atoms with Crippen LogP contribution in [0.5, 0.6) is 0 Å². The number of carbonyl (C=O) groups excluding carboxylic acids is 2. The van der Waals surface area contributed by atoms with Crippen LogP contribution < -0.4 is 10.6 Å². The summed E-state index contributed by atoms with van der Waals surface area (Å²) in [7, 11) is -3.53. The van der Waals surface area contributed by atoms with E-state index in [0.29, 0.717) is 12.3 Å². The van der Waals surface area contributed by atoms with Crippen molar-refractivity contribution in [3.8, 4) is 0 Å². The fourth-order valence-corrected chi connectivity index (χ4v) is 2.52. The molecule has 0 bridgehead atoms. The van der Waals surface area contributed by atoms with Gasteiger partial charge in [-0.15, -0.1) is 11.3 Å². The predicted octanol–water partition coefficient (Wildman–Crippen LogP) is 2.89. The van der Waals surface area contributed by atoms with Crippen molar-refractivity contribution in [2.24, 2.45) is 0 Å². The fourth-order valence-electron chi connectivity index (χ4n) is 1.72. The van der Waals surface area contributed by atoms with Crippen LogP contribution >= 0.6 is 11.3 Å². The van der Waals surface area contributed by atoms with Crippen LogP contribution in [-0.2, 0) is 26.1 Å². The Kier molecular flexibility index (Phi) is 6.52. The Morgan fingerprint density at radius 3 is 2.59 bits per heavy atom. The van der Waals surface area contributed by atoms with Crippen molar-refractivity contribution in [3.05, 3.63) is 46.3 Å². The highest BCUT2D eigenvalue weighted by Gasteiger charge is 2.32. The van der Waals surface area contributed by atoms with Crippen molar-refractivity contribution >= 4 is 51.9 Å². The number of hydrogen-bond donors (Lipinski definition) is 3. The molecule has 0 unspecified atom stereocenters. The van der Waals surface area contributed by atoms with E-state index in [-0.39, 0.29) is 0 Å². The number of carbonyl (C=O) groups is 2. The molecule has 0 aliphatic carbocycles. The van der Waals surface area contributed by atoms with Gasteiger partial charge in [0.2, 0.25) is 5.91 Å². The van der Waals surface area contributed by atoms with Gasteiger partial charge >= 0.3 is 23.3 Å². The Morgan fingerprint density at radius 2 is 2.00 bits per heavy atom. The number of thiophene rings is 1. The second-order valence-corrected chi connectivity index (χ2v) is 6.29. The molecule has 2 aromatic rings. The summed E-state index contributed by atoms with van der Waals surface area (Å²) >= 11 is 1.34. The first-order chi connectivity index (χ1) is 12.6. The van der Waals surface area contributed by atoms with Crippen LogP contribution in [0.3, 0.4) is 0 Å². The van der Waals surface area contributed by atoms with E-state index in [9.17, 15) is 31.2 Å². The maximum Gasteiger partial charge on any atom is 0.428 e. The molecule has 0 fully saturated rings. The van der Waals surface area contributed by atoms with E-state index in [0.717, 1.165) is 11.0 Å². The van der Waals surface area contributed by atoms with Gasteiger partial charge in [-0.1, -0.05) is 6.07 Å². The zero-order valence-corrected chi connectivity index (χ0v) is 14.7. The molecule has 2 aromatic heterocycles. The van der Waals surface area contributed by atoms with Crippen LogP contribution in [0.1, 0.15) is 10.4 Å². The summed E-state index contributed by atoms with van der Waals surface area (Å²) in [5.41, 5.74) is -1.68. The van der Waals surface area contributed by atoms with Crippen molar-refractivity contribution in [1.29, 1.82) is 0 Å². The van der Waals surface area contributed by atoms with E-state index >= 15 is 0 Å². The number of hydrogen-bond acceptors (Lipinski definition) is 7. The number of halogens is 3. The fraction of sp³-hybridized carbons (Fsp3) is 0.0714. The van der Waals surface area contributed by atoms with Crippen LogP contribution in [0.2, 0.25) is 0 Å². The van der Waals surface area contributed by atoms with Crippen molar-refractivity contribution in [3.63, 3.8) is 0 Å². The predicted molar refractivity (Wildman–Crippen MR) is 91.6 cm³/mol. The second kappa shape index (κ2) is 8.64. The number of aromatic nitrogens is 1. The molecule has 2 N–H and O–H groups in total. The van der Waals surface area contributed by atoms with Crippen LogP contribution in [-0.4, -0.2) is 25.4 Å². The number of pyridine rings is 1. The molecule has 0 radical (unpaired) electrons. The minimum absolute atomic E-state index is 0.407.